The van der Waals surface area contributed by atoms with Crippen molar-refractivity contribution < 1.29 is 36.5 Å². The monoisotopic (exact) mass is 652 g/mol. The number of nitro benzene ring substituents is 1. The lowest BCUT2D eigenvalue weighted by Crippen LogP contribution is -2.49. The summed E-state index contributed by atoms with van der Waals surface area (Å²) in [7, 11) is -0.0795. The molecule has 14 heteroatoms. The Kier molecular flexibility index (Phi) is 10.1. The quantitative estimate of drug-likeness (QED) is 0.141. The first kappa shape index (κ1) is 32.3. The van der Waals surface area contributed by atoms with Gasteiger partial charge in [-0.1, -0.05) is 41.4 Å². The maximum atomic E-state index is 13.8. The van der Waals surface area contributed by atoms with Crippen LogP contribution >= 0.6 is 23.2 Å². The molecule has 3 aromatic carbocycles. The summed E-state index contributed by atoms with van der Waals surface area (Å²) in [6.45, 7) is 0.337. The number of benzene rings is 3. The van der Waals surface area contributed by atoms with Gasteiger partial charge in [-0.15, -0.1) is 0 Å². The lowest BCUT2D eigenvalue weighted by Gasteiger charge is -2.43. The molecule has 1 saturated heterocycles. The maximum Gasteiger partial charge on any atom is 0.303 e. The number of amides is 1. The number of para-hydroxylation sites is 1. The summed E-state index contributed by atoms with van der Waals surface area (Å²) in [6, 6.07) is 13.3. The standard InChI is InChI=1S/C29H30Cl2N2O9S/c1-39-24-15-19(16-25(40-2)27(24)41-3)28(34)32-13-6-11-29(18-32,20-9-10-21(30)22(31)17-20)12-14-42-43(37,38)26-8-5-4-7-23(26)33(35)36/h4-5,7-10,15-17H,6,11-14,18H2,1-3H3. The van der Waals surface area contributed by atoms with Crippen LogP contribution in [0.4, 0.5) is 5.69 Å². The van der Waals surface area contributed by atoms with Gasteiger partial charge in [0.2, 0.25) is 5.75 Å². The van der Waals surface area contributed by atoms with Gasteiger partial charge in [0.1, 0.15) is 0 Å². The second kappa shape index (κ2) is 13.4. The Morgan fingerprint density at radius 2 is 1.67 bits per heavy atom. The van der Waals surface area contributed by atoms with Crippen molar-refractivity contribution >= 4 is 44.9 Å². The molecule has 0 bridgehead atoms. The second-order valence-corrected chi connectivity index (χ2v) is 12.3. The summed E-state index contributed by atoms with van der Waals surface area (Å²) >= 11 is 12.6. The Balaban J connectivity index is 1.66. The highest BCUT2D eigenvalue weighted by atomic mass is 35.5. The minimum atomic E-state index is -4.46. The molecule has 1 atom stereocenters. The second-order valence-electron chi connectivity index (χ2n) is 9.90. The topological polar surface area (TPSA) is 135 Å². The zero-order valence-corrected chi connectivity index (χ0v) is 26.0. The van der Waals surface area contributed by atoms with Crippen LogP contribution in [0.5, 0.6) is 17.2 Å². The normalized spacial score (nSPS) is 16.9. The van der Waals surface area contributed by atoms with Crippen LogP contribution in [0.3, 0.4) is 0 Å². The molecule has 230 valence electrons. The van der Waals surface area contributed by atoms with Crippen LogP contribution in [0.2, 0.25) is 10.0 Å². The molecule has 0 radical (unpaired) electrons. The minimum Gasteiger partial charge on any atom is -0.493 e. The number of piperidine rings is 1. The molecule has 1 amide bonds. The van der Waals surface area contributed by atoms with Crippen molar-refractivity contribution in [2.75, 3.05) is 41.0 Å². The van der Waals surface area contributed by atoms with Gasteiger partial charge in [-0.05, 0) is 55.2 Å². The minimum absolute atomic E-state index is 0.157. The molecule has 4 rings (SSSR count). The van der Waals surface area contributed by atoms with E-state index in [1.54, 1.807) is 35.2 Å². The lowest BCUT2D eigenvalue weighted by atomic mass is 9.71. The number of carbonyl (C=O) groups excluding carboxylic acids is 1. The first-order chi connectivity index (χ1) is 20.5. The van der Waals surface area contributed by atoms with Crippen molar-refractivity contribution in [1.29, 1.82) is 0 Å². The fourth-order valence-electron chi connectivity index (χ4n) is 5.33. The van der Waals surface area contributed by atoms with Crippen molar-refractivity contribution in [3.05, 3.63) is 85.9 Å². The van der Waals surface area contributed by atoms with E-state index in [2.05, 4.69) is 0 Å². The molecule has 0 saturated carbocycles. The average Bonchev–Trinajstić information content (AvgIpc) is 3.01. The van der Waals surface area contributed by atoms with Gasteiger partial charge in [0.15, 0.2) is 16.4 Å². The predicted octanol–water partition coefficient (Wildman–Crippen LogP) is 5.90. The van der Waals surface area contributed by atoms with E-state index in [0.29, 0.717) is 52.2 Å². The summed E-state index contributed by atoms with van der Waals surface area (Å²) in [5, 5.41) is 12.1. The fraction of sp³-hybridized carbons (Fsp3) is 0.345. The van der Waals surface area contributed by atoms with E-state index >= 15 is 0 Å². The van der Waals surface area contributed by atoms with Gasteiger partial charge >= 0.3 is 10.1 Å². The van der Waals surface area contributed by atoms with Crippen molar-refractivity contribution in [2.45, 2.75) is 29.6 Å². The van der Waals surface area contributed by atoms with Crippen molar-refractivity contribution in [2.24, 2.45) is 0 Å². The Hall–Kier alpha value is -3.58. The number of likely N-dealkylation sites (tertiary alicyclic amines) is 1. The summed E-state index contributed by atoms with van der Waals surface area (Å²) in [4.78, 5) is 25.6. The Bertz CT molecular complexity index is 1610. The molecule has 11 nitrogen and oxygen atoms in total. The number of nitro groups is 1. The van der Waals surface area contributed by atoms with Gasteiger partial charge < -0.3 is 19.1 Å². The smallest absolute Gasteiger partial charge is 0.303 e. The molecule has 43 heavy (non-hydrogen) atoms. The number of halogens is 2. The van der Waals surface area contributed by atoms with E-state index < -0.39 is 31.0 Å². The van der Waals surface area contributed by atoms with E-state index in [1.807, 2.05) is 0 Å². The van der Waals surface area contributed by atoms with Gasteiger partial charge in [-0.25, -0.2) is 0 Å². The number of carbonyl (C=O) groups is 1. The first-order valence-corrected chi connectivity index (χ1v) is 15.3. The zero-order valence-electron chi connectivity index (χ0n) is 23.7. The summed E-state index contributed by atoms with van der Waals surface area (Å²) < 4.78 is 47.6. The number of nitrogens with zero attached hydrogens (tertiary/aromatic N) is 2. The van der Waals surface area contributed by atoms with E-state index in [-0.39, 0.29) is 25.5 Å². The van der Waals surface area contributed by atoms with E-state index in [1.165, 1.54) is 33.5 Å². The number of ether oxygens (including phenoxy) is 3. The van der Waals surface area contributed by atoms with Gasteiger partial charge in [-0.2, -0.15) is 8.42 Å². The number of hydrogen-bond donors (Lipinski definition) is 0. The third kappa shape index (κ3) is 6.82. The van der Waals surface area contributed by atoms with Crippen molar-refractivity contribution in [1.82, 2.24) is 4.90 Å². The molecular formula is C29H30Cl2N2O9S. The highest BCUT2D eigenvalue weighted by molar-refractivity contribution is 7.87. The first-order valence-electron chi connectivity index (χ1n) is 13.1. The maximum absolute atomic E-state index is 13.8. The molecule has 1 fully saturated rings. The fourth-order valence-corrected chi connectivity index (χ4v) is 6.70. The molecule has 3 aromatic rings. The summed E-state index contributed by atoms with van der Waals surface area (Å²) in [5.41, 5.74) is -0.298. The summed E-state index contributed by atoms with van der Waals surface area (Å²) in [6.07, 6.45) is 1.33. The largest absolute Gasteiger partial charge is 0.493 e. The molecule has 1 unspecified atom stereocenters. The third-order valence-electron chi connectivity index (χ3n) is 7.46. The average molecular weight is 654 g/mol. The van der Waals surface area contributed by atoms with Crippen LogP contribution in [-0.2, 0) is 19.7 Å². The summed E-state index contributed by atoms with van der Waals surface area (Å²) in [5.74, 6) is 0.706. The predicted molar refractivity (Wildman–Crippen MR) is 160 cm³/mol. The molecule has 0 spiro atoms. The molecular weight excluding hydrogens is 623 g/mol. The Morgan fingerprint density at radius 1 is 1.00 bits per heavy atom. The highest BCUT2D eigenvalue weighted by Crippen LogP contribution is 2.42. The van der Waals surface area contributed by atoms with Gasteiger partial charge in [-0.3, -0.25) is 19.1 Å². The number of rotatable bonds is 11. The number of methoxy groups -OCH3 is 3. The molecule has 1 heterocycles. The van der Waals surface area contributed by atoms with E-state index in [0.717, 1.165) is 17.7 Å². The van der Waals surface area contributed by atoms with Crippen molar-refractivity contribution in [3.63, 3.8) is 0 Å². The van der Waals surface area contributed by atoms with E-state index in [4.69, 9.17) is 41.6 Å². The van der Waals surface area contributed by atoms with Crippen LogP contribution in [0, 0.1) is 10.1 Å². The van der Waals surface area contributed by atoms with Crippen LogP contribution < -0.4 is 14.2 Å². The molecule has 0 aromatic heterocycles. The van der Waals surface area contributed by atoms with E-state index in [9.17, 15) is 23.3 Å². The lowest BCUT2D eigenvalue weighted by molar-refractivity contribution is -0.387. The molecule has 0 N–H and O–H groups in total. The van der Waals surface area contributed by atoms with Gasteiger partial charge in [0, 0.05) is 30.1 Å². The Morgan fingerprint density at radius 3 is 2.28 bits per heavy atom. The third-order valence-corrected chi connectivity index (χ3v) is 9.56. The molecule has 1 aliphatic rings. The van der Waals surface area contributed by atoms with Gasteiger partial charge in [0.25, 0.3) is 11.6 Å². The van der Waals surface area contributed by atoms with Crippen LogP contribution in [-0.4, -0.2) is 65.2 Å². The zero-order chi connectivity index (χ0) is 31.4. The molecule has 0 aliphatic carbocycles. The van der Waals surface area contributed by atoms with Crippen LogP contribution in [0.1, 0.15) is 35.2 Å². The molecule has 1 aliphatic heterocycles. The van der Waals surface area contributed by atoms with Crippen molar-refractivity contribution in [3.8, 4) is 17.2 Å². The SMILES string of the molecule is COc1cc(C(=O)N2CCCC(CCOS(=O)(=O)c3ccccc3[N+](=O)[O-])(c3ccc(Cl)c(Cl)c3)C2)cc(OC)c1OC. The van der Waals surface area contributed by atoms with Gasteiger partial charge in [0.05, 0.1) is 42.9 Å². The number of hydrogen-bond acceptors (Lipinski definition) is 9. The highest BCUT2D eigenvalue weighted by Gasteiger charge is 2.40. The van der Waals surface area contributed by atoms with Crippen LogP contribution in [0.25, 0.3) is 0 Å². The Labute approximate surface area is 259 Å². The van der Waals surface area contributed by atoms with Crippen LogP contribution in [0.15, 0.2) is 59.5 Å².